The van der Waals surface area contributed by atoms with E-state index in [4.69, 9.17) is 0 Å². The van der Waals surface area contributed by atoms with Crippen molar-refractivity contribution in [2.45, 2.75) is 70.8 Å². The second-order valence-electron chi connectivity index (χ2n) is 7.73. The maximum absolute atomic E-state index is 4.33. The van der Waals surface area contributed by atoms with Crippen LogP contribution in [0.2, 0.25) is 0 Å². The zero-order valence-corrected chi connectivity index (χ0v) is 17.3. The van der Waals surface area contributed by atoms with Gasteiger partial charge < -0.3 is 20.4 Å². The fraction of sp³-hybridized carbons (Fsp3) is 0.950. The summed E-state index contributed by atoms with van der Waals surface area (Å²) in [5.74, 6) is 0.958. The Morgan fingerprint density at radius 3 is 2.36 bits per heavy atom. The molecule has 0 aromatic rings. The summed E-state index contributed by atoms with van der Waals surface area (Å²) in [5.41, 5.74) is 0. The minimum Gasteiger partial charge on any atom is -0.356 e. The van der Waals surface area contributed by atoms with Gasteiger partial charge in [-0.05, 0) is 66.2 Å². The predicted molar refractivity (Wildman–Crippen MR) is 111 cm³/mol. The van der Waals surface area contributed by atoms with Crippen molar-refractivity contribution in [3.63, 3.8) is 0 Å². The first-order chi connectivity index (χ1) is 12.1. The molecule has 0 aromatic carbocycles. The summed E-state index contributed by atoms with van der Waals surface area (Å²) in [6.45, 7) is 8.10. The van der Waals surface area contributed by atoms with Gasteiger partial charge in [0.05, 0.1) is 0 Å². The Kier molecular flexibility index (Phi) is 12.8. The van der Waals surface area contributed by atoms with Crippen LogP contribution in [0.1, 0.15) is 64.7 Å². The lowest BCUT2D eigenvalue weighted by Crippen LogP contribution is -2.41. The summed E-state index contributed by atoms with van der Waals surface area (Å²) in [6, 6.07) is 0.768. The standard InChI is InChI=1S/C20H43N5/c1-19-13-8-11-17-25(19)18-12-15-23-20(21-2)22-14-9-6-5-7-10-16-24(3)4/h19H,5-18H2,1-4H3,(H2,21,22,23). The summed E-state index contributed by atoms with van der Waals surface area (Å²) in [4.78, 5) is 9.23. The predicted octanol–water partition coefficient (Wildman–Crippen LogP) is 2.93. The molecular weight excluding hydrogens is 310 g/mol. The Labute approximate surface area is 156 Å². The monoisotopic (exact) mass is 353 g/mol. The molecule has 0 radical (unpaired) electrons. The second-order valence-corrected chi connectivity index (χ2v) is 7.73. The largest absolute Gasteiger partial charge is 0.356 e. The molecule has 1 atom stereocenters. The van der Waals surface area contributed by atoms with E-state index in [0.717, 1.165) is 25.1 Å². The Hall–Kier alpha value is -0.810. The molecule has 1 rings (SSSR count). The van der Waals surface area contributed by atoms with E-state index in [1.807, 2.05) is 7.05 Å². The molecule has 1 fully saturated rings. The van der Waals surface area contributed by atoms with Gasteiger partial charge in [0, 0.05) is 32.7 Å². The van der Waals surface area contributed by atoms with E-state index < -0.39 is 0 Å². The molecule has 0 amide bonds. The van der Waals surface area contributed by atoms with Gasteiger partial charge >= 0.3 is 0 Å². The number of likely N-dealkylation sites (tertiary alicyclic amines) is 1. The van der Waals surface area contributed by atoms with Crippen LogP contribution in [0.3, 0.4) is 0 Å². The molecule has 0 bridgehead atoms. The average Bonchev–Trinajstić information content (AvgIpc) is 2.60. The Morgan fingerprint density at radius 2 is 1.68 bits per heavy atom. The van der Waals surface area contributed by atoms with Gasteiger partial charge in [-0.15, -0.1) is 0 Å². The first kappa shape index (κ1) is 22.2. The number of hydrogen-bond acceptors (Lipinski definition) is 3. The van der Waals surface area contributed by atoms with Crippen molar-refractivity contribution in [3.8, 4) is 0 Å². The van der Waals surface area contributed by atoms with Gasteiger partial charge in [0.2, 0.25) is 0 Å². The van der Waals surface area contributed by atoms with Gasteiger partial charge in [-0.25, -0.2) is 0 Å². The van der Waals surface area contributed by atoms with Gasteiger partial charge in [0.25, 0.3) is 0 Å². The molecule has 0 aromatic heterocycles. The van der Waals surface area contributed by atoms with E-state index in [2.05, 4.69) is 46.4 Å². The van der Waals surface area contributed by atoms with Crippen LogP contribution in [0.25, 0.3) is 0 Å². The summed E-state index contributed by atoms with van der Waals surface area (Å²) >= 11 is 0. The highest BCUT2D eigenvalue weighted by atomic mass is 15.2. The van der Waals surface area contributed by atoms with Crippen LogP contribution in [0.15, 0.2) is 4.99 Å². The molecule has 1 heterocycles. The SMILES string of the molecule is CN=C(NCCCCCCCN(C)C)NCCCN1CCCCC1C. The van der Waals surface area contributed by atoms with Crippen LogP contribution in [0.4, 0.5) is 0 Å². The van der Waals surface area contributed by atoms with E-state index in [0.29, 0.717) is 0 Å². The van der Waals surface area contributed by atoms with Crippen LogP contribution in [-0.2, 0) is 0 Å². The summed E-state index contributed by atoms with van der Waals surface area (Å²) in [7, 11) is 6.16. The van der Waals surface area contributed by atoms with Gasteiger partial charge in [-0.1, -0.05) is 25.7 Å². The number of unbranched alkanes of at least 4 members (excludes halogenated alkanes) is 4. The number of nitrogens with zero attached hydrogens (tertiary/aromatic N) is 3. The Morgan fingerprint density at radius 1 is 1.00 bits per heavy atom. The third kappa shape index (κ3) is 11.4. The lowest BCUT2D eigenvalue weighted by molar-refractivity contribution is 0.159. The number of guanidine groups is 1. The van der Waals surface area contributed by atoms with Crippen molar-refractivity contribution in [2.75, 3.05) is 53.9 Å². The first-order valence-electron chi connectivity index (χ1n) is 10.5. The van der Waals surface area contributed by atoms with Crippen LogP contribution in [0.5, 0.6) is 0 Å². The summed E-state index contributed by atoms with van der Waals surface area (Å²) in [5, 5.41) is 6.90. The fourth-order valence-corrected chi connectivity index (χ4v) is 3.49. The van der Waals surface area contributed by atoms with Gasteiger partial charge in [-0.3, -0.25) is 4.99 Å². The van der Waals surface area contributed by atoms with Crippen molar-refractivity contribution in [1.29, 1.82) is 0 Å². The molecule has 0 saturated carbocycles. The van der Waals surface area contributed by atoms with E-state index in [1.165, 1.54) is 77.4 Å². The van der Waals surface area contributed by atoms with Crippen molar-refractivity contribution in [3.05, 3.63) is 0 Å². The third-order valence-corrected chi connectivity index (χ3v) is 5.15. The molecule has 0 aliphatic carbocycles. The number of aliphatic imine (C=N–C) groups is 1. The summed E-state index contributed by atoms with van der Waals surface area (Å²) in [6.07, 6.45) is 11.9. The highest BCUT2D eigenvalue weighted by Gasteiger charge is 2.16. The first-order valence-corrected chi connectivity index (χ1v) is 10.5. The maximum Gasteiger partial charge on any atom is 0.190 e. The molecule has 1 saturated heterocycles. The highest BCUT2D eigenvalue weighted by molar-refractivity contribution is 5.79. The second kappa shape index (κ2) is 14.4. The van der Waals surface area contributed by atoms with Crippen LogP contribution >= 0.6 is 0 Å². The van der Waals surface area contributed by atoms with Crippen molar-refractivity contribution in [2.24, 2.45) is 4.99 Å². The van der Waals surface area contributed by atoms with Crippen molar-refractivity contribution >= 4 is 5.96 Å². The smallest absolute Gasteiger partial charge is 0.190 e. The molecule has 148 valence electrons. The van der Waals surface area contributed by atoms with E-state index in [9.17, 15) is 0 Å². The molecule has 0 spiro atoms. The fourth-order valence-electron chi connectivity index (χ4n) is 3.49. The van der Waals surface area contributed by atoms with E-state index >= 15 is 0 Å². The lowest BCUT2D eigenvalue weighted by Gasteiger charge is -2.33. The van der Waals surface area contributed by atoms with Crippen molar-refractivity contribution in [1.82, 2.24) is 20.4 Å². The minimum atomic E-state index is 0.768. The third-order valence-electron chi connectivity index (χ3n) is 5.15. The molecule has 1 aliphatic rings. The van der Waals surface area contributed by atoms with Crippen LogP contribution in [-0.4, -0.2) is 75.7 Å². The number of nitrogens with one attached hydrogen (secondary N) is 2. The maximum atomic E-state index is 4.33. The molecule has 5 heteroatoms. The highest BCUT2D eigenvalue weighted by Crippen LogP contribution is 2.15. The molecular formula is C20H43N5. The molecule has 1 unspecified atom stereocenters. The van der Waals surface area contributed by atoms with Gasteiger partial charge in [0.1, 0.15) is 0 Å². The number of hydrogen-bond donors (Lipinski definition) is 2. The molecule has 2 N–H and O–H groups in total. The average molecular weight is 354 g/mol. The zero-order valence-electron chi connectivity index (χ0n) is 17.3. The van der Waals surface area contributed by atoms with Crippen LogP contribution < -0.4 is 10.6 Å². The van der Waals surface area contributed by atoms with Crippen molar-refractivity contribution < 1.29 is 0 Å². The van der Waals surface area contributed by atoms with E-state index in [1.54, 1.807) is 0 Å². The molecule has 5 nitrogen and oxygen atoms in total. The molecule has 1 aliphatic heterocycles. The zero-order chi connectivity index (χ0) is 18.3. The molecule has 25 heavy (non-hydrogen) atoms. The van der Waals surface area contributed by atoms with Gasteiger partial charge in [-0.2, -0.15) is 0 Å². The number of piperidine rings is 1. The van der Waals surface area contributed by atoms with Gasteiger partial charge in [0.15, 0.2) is 5.96 Å². The van der Waals surface area contributed by atoms with Crippen LogP contribution in [0, 0.1) is 0 Å². The lowest BCUT2D eigenvalue weighted by atomic mass is 10.0. The van der Waals surface area contributed by atoms with E-state index in [-0.39, 0.29) is 0 Å². The number of rotatable bonds is 12. The Bertz CT molecular complexity index is 343. The topological polar surface area (TPSA) is 42.9 Å². The minimum absolute atomic E-state index is 0.768. The normalized spacial score (nSPS) is 19.4. The Balaban J connectivity index is 1.96. The summed E-state index contributed by atoms with van der Waals surface area (Å²) < 4.78 is 0. The quantitative estimate of drug-likeness (QED) is 0.322.